The lowest BCUT2D eigenvalue weighted by atomic mass is 9.92. The maximum Gasteiger partial charge on any atom is 0.251 e. The summed E-state index contributed by atoms with van der Waals surface area (Å²) in [5.41, 5.74) is 0.523. The average molecular weight is 290 g/mol. The summed E-state index contributed by atoms with van der Waals surface area (Å²) in [4.78, 5) is 24.1. The van der Waals surface area contributed by atoms with Crippen LogP contribution in [-0.4, -0.2) is 35.1 Å². The molecule has 3 atom stereocenters. The van der Waals surface area contributed by atoms with Crippen LogP contribution in [0.15, 0.2) is 30.3 Å². The van der Waals surface area contributed by atoms with Crippen molar-refractivity contribution in [2.24, 2.45) is 0 Å². The second kappa shape index (κ2) is 7.22. The molecule has 2 amide bonds. The Kier molecular flexibility index (Phi) is 5.33. The van der Waals surface area contributed by atoms with Gasteiger partial charge in [-0.3, -0.25) is 9.59 Å². The van der Waals surface area contributed by atoms with E-state index in [2.05, 4.69) is 10.6 Å². The Hall–Kier alpha value is -1.88. The van der Waals surface area contributed by atoms with Gasteiger partial charge in [-0.1, -0.05) is 31.0 Å². The summed E-state index contributed by atoms with van der Waals surface area (Å²) < 4.78 is 0. The van der Waals surface area contributed by atoms with Gasteiger partial charge in [0.05, 0.1) is 12.1 Å². The normalized spacial score (nSPS) is 23.1. The highest BCUT2D eigenvalue weighted by atomic mass is 16.3. The number of nitrogens with one attached hydrogen (secondary N) is 2. The van der Waals surface area contributed by atoms with Crippen molar-refractivity contribution in [1.82, 2.24) is 10.6 Å². The summed E-state index contributed by atoms with van der Waals surface area (Å²) in [5.74, 6) is -0.535. The third kappa shape index (κ3) is 4.29. The van der Waals surface area contributed by atoms with Gasteiger partial charge in [0.1, 0.15) is 6.04 Å². The van der Waals surface area contributed by atoms with Gasteiger partial charge in [-0.15, -0.1) is 0 Å². The third-order valence-corrected chi connectivity index (χ3v) is 3.83. The van der Waals surface area contributed by atoms with E-state index in [1.165, 1.54) is 0 Å². The standard InChI is InChI=1S/C16H22N2O3/c1-11(17-16(21)12-7-3-2-4-8-12)15(20)18-13-9-5-6-10-14(13)19/h2-4,7-8,11,13-14,19H,5-6,9-10H2,1H3,(H,17,21)(H,18,20)/t11?,13-,14-/m1/s1. The molecule has 1 aliphatic carbocycles. The first-order valence-corrected chi connectivity index (χ1v) is 7.42. The molecule has 5 nitrogen and oxygen atoms in total. The minimum atomic E-state index is -0.633. The van der Waals surface area contributed by atoms with Crippen molar-refractivity contribution in [1.29, 1.82) is 0 Å². The number of aliphatic hydroxyl groups excluding tert-OH is 1. The van der Waals surface area contributed by atoms with Crippen LogP contribution in [0.3, 0.4) is 0 Å². The second-order valence-electron chi connectivity index (χ2n) is 5.53. The zero-order valence-electron chi connectivity index (χ0n) is 12.2. The summed E-state index contributed by atoms with van der Waals surface area (Å²) in [6, 6.07) is 7.94. The molecule has 0 spiro atoms. The summed E-state index contributed by atoms with van der Waals surface area (Å²) in [6.45, 7) is 1.64. The Morgan fingerprint density at radius 3 is 2.52 bits per heavy atom. The SMILES string of the molecule is CC(NC(=O)c1ccccc1)C(=O)N[C@@H]1CCCC[C@H]1O. The minimum absolute atomic E-state index is 0.206. The van der Waals surface area contributed by atoms with E-state index in [0.717, 1.165) is 25.7 Å². The fraction of sp³-hybridized carbons (Fsp3) is 0.500. The monoisotopic (exact) mass is 290 g/mol. The van der Waals surface area contributed by atoms with Crippen LogP contribution in [0.4, 0.5) is 0 Å². The van der Waals surface area contributed by atoms with E-state index in [9.17, 15) is 14.7 Å². The van der Waals surface area contributed by atoms with E-state index < -0.39 is 12.1 Å². The Labute approximate surface area is 124 Å². The highest BCUT2D eigenvalue weighted by Gasteiger charge is 2.26. The van der Waals surface area contributed by atoms with Crippen molar-refractivity contribution >= 4 is 11.8 Å². The number of hydrogen-bond acceptors (Lipinski definition) is 3. The van der Waals surface area contributed by atoms with Gasteiger partial charge in [0.25, 0.3) is 5.91 Å². The molecule has 1 saturated carbocycles. The Balaban J connectivity index is 1.86. The van der Waals surface area contributed by atoms with Crippen molar-refractivity contribution in [3.05, 3.63) is 35.9 Å². The van der Waals surface area contributed by atoms with E-state index in [1.54, 1.807) is 31.2 Å². The van der Waals surface area contributed by atoms with E-state index in [0.29, 0.717) is 5.56 Å². The lowest BCUT2D eigenvalue weighted by Gasteiger charge is -2.29. The van der Waals surface area contributed by atoms with Crippen LogP contribution in [-0.2, 0) is 4.79 Å². The van der Waals surface area contributed by atoms with Crippen LogP contribution >= 0.6 is 0 Å². The first kappa shape index (κ1) is 15.5. The minimum Gasteiger partial charge on any atom is -0.391 e. The van der Waals surface area contributed by atoms with Gasteiger partial charge in [0, 0.05) is 5.56 Å². The summed E-state index contributed by atoms with van der Waals surface area (Å²) in [7, 11) is 0. The van der Waals surface area contributed by atoms with E-state index in [4.69, 9.17) is 0 Å². The third-order valence-electron chi connectivity index (χ3n) is 3.83. The largest absolute Gasteiger partial charge is 0.391 e. The van der Waals surface area contributed by atoms with Gasteiger partial charge in [0.2, 0.25) is 5.91 Å². The maximum absolute atomic E-state index is 12.1. The molecule has 0 aromatic heterocycles. The molecule has 0 radical (unpaired) electrons. The van der Waals surface area contributed by atoms with Crippen LogP contribution in [0.1, 0.15) is 43.0 Å². The molecule has 1 aromatic rings. The van der Waals surface area contributed by atoms with Crippen LogP contribution in [0.2, 0.25) is 0 Å². The van der Waals surface area contributed by atoms with E-state index in [1.807, 2.05) is 6.07 Å². The van der Waals surface area contributed by atoms with Crippen molar-refractivity contribution in [2.75, 3.05) is 0 Å². The molecule has 0 heterocycles. The molecule has 1 fully saturated rings. The predicted molar refractivity (Wildman–Crippen MR) is 79.8 cm³/mol. The van der Waals surface area contributed by atoms with Crippen molar-refractivity contribution < 1.29 is 14.7 Å². The molecule has 3 N–H and O–H groups in total. The zero-order valence-corrected chi connectivity index (χ0v) is 12.2. The van der Waals surface area contributed by atoms with Gasteiger partial charge < -0.3 is 15.7 Å². The van der Waals surface area contributed by atoms with Gasteiger partial charge in [-0.2, -0.15) is 0 Å². The molecule has 0 bridgehead atoms. The summed E-state index contributed by atoms with van der Waals surface area (Å²) in [6.07, 6.45) is 3.02. The van der Waals surface area contributed by atoms with Crippen molar-refractivity contribution in [2.45, 2.75) is 50.8 Å². The van der Waals surface area contributed by atoms with E-state index >= 15 is 0 Å². The number of benzene rings is 1. The predicted octanol–water partition coefficient (Wildman–Crippen LogP) is 1.22. The van der Waals surface area contributed by atoms with Gasteiger partial charge in [0.15, 0.2) is 0 Å². The van der Waals surface area contributed by atoms with Gasteiger partial charge >= 0.3 is 0 Å². The fourth-order valence-electron chi connectivity index (χ4n) is 2.52. The first-order valence-electron chi connectivity index (χ1n) is 7.42. The molecule has 0 saturated heterocycles. The average Bonchev–Trinajstić information content (AvgIpc) is 2.50. The smallest absolute Gasteiger partial charge is 0.251 e. The quantitative estimate of drug-likeness (QED) is 0.780. The first-order chi connectivity index (χ1) is 10.1. The summed E-state index contributed by atoms with van der Waals surface area (Å²) >= 11 is 0. The zero-order chi connectivity index (χ0) is 15.2. The van der Waals surface area contributed by atoms with Gasteiger partial charge in [-0.25, -0.2) is 0 Å². The topological polar surface area (TPSA) is 78.4 Å². The summed E-state index contributed by atoms with van der Waals surface area (Å²) in [5, 5.41) is 15.3. The van der Waals surface area contributed by atoms with Crippen LogP contribution < -0.4 is 10.6 Å². The highest BCUT2D eigenvalue weighted by molar-refractivity contribution is 5.97. The number of aliphatic hydroxyl groups is 1. The lowest BCUT2D eigenvalue weighted by Crippen LogP contribution is -2.52. The number of amides is 2. The Morgan fingerprint density at radius 1 is 1.19 bits per heavy atom. The number of carbonyl (C=O) groups is 2. The molecule has 1 aromatic carbocycles. The molecular weight excluding hydrogens is 268 g/mol. The molecule has 1 aliphatic rings. The van der Waals surface area contributed by atoms with Gasteiger partial charge in [-0.05, 0) is 31.9 Å². The number of rotatable bonds is 4. The molecule has 21 heavy (non-hydrogen) atoms. The second-order valence-corrected chi connectivity index (χ2v) is 5.53. The molecule has 114 valence electrons. The Morgan fingerprint density at radius 2 is 1.86 bits per heavy atom. The highest BCUT2D eigenvalue weighted by Crippen LogP contribution is 2.18. The van der Waals surface area contributed by atoms with Crippen LogP contribution in [0, 0.1) is 0 Å². The Bertz CT molecular complexity index is 490. The molecular formula is C16H22N2O3. The van der Waals surface area contributed by atoms with E-state index in [-0.39, 0.29) is 17.9 Å². The van der Waals surface area contributed by atoms with Crippen LogP contribution in [0.25, 0.3) is 0 Å². The van der Waals surface area contributed by atoms with Crippen LogP contribution in [0.5, 0.6) is 0 Å². The molecule has 2 rings (SSSR count). The number of carbonyl (C=O) groups excluding carboxylic acids is 2. The maximum atomic E-state index is 12.1. The lowest BCUT2D eigenvalue weighted by molar-refractivity contribution is -0.124. The van der Waals surface area contributed by atoms with Crippen molar-refractivity contribution in [3.8, 4) is 0 Å². The fourth-order valence-corrected chi connectivity index (χ4v) is 2.52. The molecule has 0 aliphatic heterocycles. The van der Waals surface area contributed by atoms with Crippen molar-refractivity contribution in [3.63, 3.8) is 0 Å². The molecule has 5 heteroatoms. The molecule has 1 unspecified atom stereocenters. The number of hydrogen-bond donors (Lipinski definition) is 3.